The smallest absolute Gasteiger partial charge is 0.269 e. The first kappa shape index (κ1) is 26.3. The number of anilines is 1. The molecule has 1 saturated heterocycles. The molecule has 0 aliphatic carbocycles. The fourth-order valence-corrected chi connectivity index (χ4v) is 5.28. The lowest BCUT2D eigenvalue weighted by atomic mass is 10.1. The van der Waals surface area contributed by atoms with Gasteiger partial charge in [0.1, 0.15) is 22.7 Å². The average molecular weight is 564 g/mol. The minimum Gasteiger partial charge on any atom is -0.368 e. The van der Waals surface area contributed by atoms with Gasteiger partial charge in [0.15, 0.2) is 17.5 Å². The Hall–Kier alpha value is -4.94. The number of H-pyrrole nitrogens is 1. The first-order valence-electron chi connectivity index (χ1n) is 12.9. The van der Waals surface area contributed by atoms with Gasteiger partial charge in [-0.3, -0.25) is 14.9 Å². The number of hydrogen-bond donors (Lipinski definition) is 1. The number of hydrogen-bond acceptors (Lipinski definition) is 6. The van der Waals surface area contributed by atoms with Gasteiger partial charge in [-0.25, -0.2) is 23.1 Å². The van der Waals surface area contributed by atoms with Crippen molar-refractivity contribution in [2.75, 3.05) is 31.1 Å². The van der Waals surface area contributed by atoms with E-state index < -0.39 is 28.3 Å². The summed E-state index contributed by atoms with van der Waals surface area (Å²) in [7, 11) is 1.78. The number of nitrogens with one attached hydrogen (secondary N) is 1. The fraction of sp³-hybridized carbons (Fsp3) is 0.250. The summed E-state index contributed by atoms with van der Waals surface area (Å²) in [6.07, 6.45) is 0. The zero-order valence-electron chi connectivity index (χ0n) is 22.1. The maximum Gasteiger partial charge on any atom is 0.269 e. The third kappa shape index (κ3) is 4.52. The molecule has 0 radical (unpaired) electrons. The molecule has 0 saturated carbocycles. The van der Waals surface area contributed by atoms with Crippen LogP contribution in [0.1, 0.15) is 34.8 Å². The van der Waals surface area contributed by atoms with Crippen LogP contribution < -0.4 is 4.90 Å². The number of benzene rings is 3. The standard InChI is InChI=1S/C28H24F3N7O3/c1-15(26-33-24-20(30)14-19(29)23(31)25(24)34-26)27-32-21-8-3-16(13-22(21)35(27)2)28(39)37-11-9-36(10-12-37)17-4-6-18(7-5-17)38(40)41/h3-8,13-15H,9-12H2,1-2H3,(H,33,34). The molecule has 13 heteroatoms. The first-order chi connectivity index (χ1) is 19.6. The van der Waals surface area contributed by atoms with Crippen LogP contribution in [0, 0.1) is 27.6 Å². The van der Waals surface area contributed by atoms with Crippen LogP contribution in [0.2, 0.25) is 0 Å². The Kier molecular flexibility index (Phi) is 6.36. The molecule has 10 nitrogen and oxygen atoms in total. The molecule has 3 heterocycles. The topological polar surface area (TPSA) is 113 Å². The predicted octanol–water partition coefficient (Wildman–Crippen LogP) is 4.89. The number of carbonyl (C=O) groups is 1. The second-order valence-corrected chi connectivity index (χ2v) is 10.0. The number of piperazine rings is 1. The van der Waals surface area contributed by atoms with Gasteiger partial charge in [0.2, 0.25) is 0 Å². The summed E-state index contributed by atoms with van der Waals surface area (Å²) in [6.45, 7) is 3.91. The zero-order valence-corrected chi connectivity index (χ0v) is 22.1. The molecule has 210 valence electrons. The number of amides is 1. The number of non-ortho nitro benzene ring substituents is 1. The minimum atomic E-state index is -1.30. The van der Waals surface area contributed by atoms with E-state index >= 15 is 0 Å². The molecular weight excluding hydrogens is 539 g/mol. The van der Waals surface area contributed by atoms with Crippen LogP contribution in [0.3, 0.4) is 0 Å². The van der Waals surface area contributed by atoms with Gasteiger partial charge in [-0.15, -0.1) is 0 Å². The highest BCUT2D eigenvalue weighted by molar-refractivity contribution is 5.97. The quantitative estimate of drug-likeness (QED) is 0.185. The number of nitro benzene ring substituents is 1. The first-order valence-corrected chi connectivity index (χ1v) is 12.9. The maximum atomic E-state index is 14.2. The molecule has 0 bridgehead atoms. The Bertz CT molecular complexity index is 1830. The van der Waals surface area contributed by atoms with Crippen molar-refractivity contribution in [2.45, 2.75) is 12.8 Å². The minimum absolute atomic E-state index is 0.0291. The summed E-state index contributed by atoms with van der Waals surface area (Å²) in [5.41, 5.74) is 2.08. The third-order valence-corrected chi connectivity index (χ3v) is 7.58. The number of imidazole rings is 2. The van der Waals surface area contributed by atoms with Crippen LogP contribution in [-0.2, 0) is 7.05 Å². The zero-order chi connectivity index (χ0) is 29.0. The molecule has 1 fully saturated rings. The predicted molar refractivity (Wildman–Crippen MR) is 145 cm³/mol. The lowest BCUT2D eigenvalue weighted by molar-refractivity contribution is -0.384. The van der Waals surface area contributed by atoms with Crippen LogP contribution in [-0.4, -0.2) is 61.4 Å². The molecule has 1 N–H and O–H groups in total. The summed E-state index contributed by atoms with van der Waals surface area (Å²) in [4.78, 5) is 39.2. The van der Waals surface area contributed by atoms with Gasteiger partial charge in [0.25, 0.3) is 11.6 Å². The van der Waals surface area contributed by atoms with Gasteiger partial charge < -0.3 is 19.4 Å². The molecule has 1 aliphatic rings. The van der Waals surface area contributed by atoms with Crippen molar-refractivity contribution in [1.82, 2.24) is 24.4 Å². The molecule has 1 aliphatic heterocycles. The fourth-order valence-electron chi connectivity index (χ4n) is 5.28. The molecule has 3 aromatic carbocycles. The van der Waals surface area contributed by atoms with E-state index in [9.17, 15) is 28.1 Å². The lowest BCUT2D eigenvalue weighted by Crippen LogP contribution is -2.48. The van der Waals surface area contributed by atoms with E-state index in [0.29, 0.717) is 54.7 Å². The monoisotopic (exact) mass is 563 g/mol. The number of rotatable bonds is 5. The highest BCUT2D eigenvalue weighted by Gasteiger charge is 2.26. The van der Waals surface area contributed by atoms with Gasteiger partial charge in [-0.1, -0.05) is 0 Å². The van der Waals surface area contributed by atoms with Crippen LogP contribution in [0.25, 0.3) is 22.1 Å². The van der Waals surface area contributed by atoms with Crippen LogP contribution in [0.4, 0.5) is 24.5 Å². The molecule has 1 amide bonds. The normalized spacial score (nSPS) is 14.7. The number of aromatic nitrogens is 4. The second-order valence-electron chi connectivity index (χ2n) is 10.0. The van der Waals surface area contributed by atoms with Crippen molar-refractivity contribution in [3.63, 3.8) is 0 Å². The number of halogens is 3. The second kappa shape index (κ2) is 9.91. The van der Waals surface area contributed by atoms with E-state index in [-0.39, 0.29) is 28.5 Å². The van der Waals surface area contributed by atoms with Gasteiger partial charge >= 0.3 is 0 Å². The SMILES string of the molecule is CC(c1nc2c(F)cc(F)c(F)c2[nH]1)c1nc2ccc(C(=O)N3CCN(c4ccc([N+](=O)[O-])cc4)CC3)cc2n1C. The molecule has 41 heavy (non-hydrogen) atoms. The van der Waals surface area contributed by atoms with Crippen molar-refractivity contribution in [1.29, 1.82) is 0 Å². The van der Waals surface area contributed by atoms with Crippen molar-refractivity contribution in [2.24, 2.45) is 7.05 Å². The summed E-state index contributed by atoms with van der Waals surface area (Å²) in [5, 5.41) is 10.9. The Labute approximate surface area is 231 Å². The summed E-state index contributed by atoms with van der Waals surface area (Å²) >= 11 is 0. The number of carbonyl (C=O) groups excluding carboxylic acids is 1. The molecule has 1 unspecified atom stereocenters. The molecule has 5 aromatic rings. The Morgan fingerprint density at radius 1 is 1.00 bits per heavy atom. The summed E-state index contributed by atoms with van der Waals surface area (Å²) in [5.74, 6) is -3.34. The summed E-state index contributed by atoms with van der Waals surface area (Å²) in [6, 6.07) is 12.0. The van der Waals surface area contributed by atoms with E-state index in [1.807, 2.05) is 0 Å². The molecule has 6 rings (SSSR count). The van der Waals surface area contributed by atoms with E-state index in [4.69, 9.17) is 0 Å². The van der Waals surface area contributed by atoms with Crippen molar-refractivity contribution in [3.05, 3.63) is 93.3 Å². The largest absolute Gasteiger partial charge is 0.368 e. The van der Waals surface area contributed by atoms with E-state index in [2.05, 4.69) is 19.9 Å². The van der Waals surface area contributed by atoms with Gasteiger partial charge in [0.05, 0.1) is 21.9 Å². The number of aromatic amines is 1. The number of aryl methyl sites for hydroxylation is 1. The van der Waals surface area contributed by atoms with Crippen molar-refractivity contribution in [3.8, 4) is 0 Å². The Morgan fingerprint density at radius 3 is 2.39 bits per heavy atom. The molecule has 2 aromatic heterocycles. The lowest BCUT2D eigenvalue weighted by Gasteiger charge is -2.36. The van der Waals surface area contributed by atoms with Crippen molar-refractivity contribution >= 4 is 39.3 Å². The Morgan fingerprint density at radius 2 is 1.71 bits per heavy atom. The van der Waals surface area contributed by atoms with E-state index in [1.165, 1.54) is 12.1 Å². The summed E-state index contributed by atoms with van der Waals surface area (Å²) < 4.78 is 43.9. The van der Waals surface area contributed by atoms with Gasteiger partial charge in [-0.05, 0) is 37.3 Å². The molecular formula is C28H24F3N7O3. The van der Waals surface area contributed by atoms with Gasteiger partial charge in [0, 0.05) is 62.7 Å². The van der Waals surface area contributed by atoms with Crippen LogP contribution in [0.5, 0.6) is 0 Å². The molecule has 0 spiro atoms. The Balaban J connectivity index is 1.20. The highest BCUT2D eigenvalue weighted by atomic mass is 19.2. The highest BCUT2D eigenvalue weighted by Crippen LogP contribution is 2.30. The average Bonchev–Trinajstić information content (AvgIpc) is 3.58. The van der Waals surface area contributed by atoms with Crippen molar-refractivity contribution < 1.29 is 22.9 Å². The van der Waals surface area contributed by atoms with E-state index in [1.54, 1.807) is 53.8 Å². The third-order valence-electron chi connectivity index (χ3n) is 7.58. The van der Waals surface area contributed by atoms with E-state index in [0.717, 1.165) is 5.69 Å². The van der Waals surface area contributed by atoms with Gasteiger partial charge in [-0.2, -0.15) is 0 Å². The maximum absolute atomic E-state index is 14.2. The van der Waals surface area contributed by atoms with Crippen LogP contribution in [0.15, 0.2) is 48.5 Å². The number of nitro groups is 1. The number of fused-ring (bicyclic) bond motifs is 2. The number of nitrogens with zero attached hydrogens (tertiary/aromatic N) is 6. The molecule has 1 atom stereocenters. The van der Waals surface area contributed by atoms with Crippen LogP contribution >= 0.6 is 0 Å².